The van der Waals surface area contributed by atoms with E-state index < -0.39 is 0 Å². The van der Waals surface area contributed by atoms with Crippen LogP contribution in [0.3, 0.4) is 0 Å². The molecule has 4 heterocycles. The van der Waals surface area contributed by atoms with Gasteiger partial charge in [-0.3, -0.25) is 4.57 Å². The van der Waals surface area contributed by atoms with Crippen molar-refractivity contribution in [1.29, 1.82) is 0 Å². The second kappa shape index (κ2) is 13.0. The Morgan fingerprint density at radius 3 is 1.48 bits per heavy atom. The van der Waals surface area contributed by atoms with Crippen molar-refractivity contribution in [3.05, 3.63) is 212 Å². The number of aromatic nitrogens is 5. The molecule has 0 fully saturated rings. The van der Waals surface area contributed by atoms with Crippen LogP contribution in [0.2, 0.25) is 0 Å². The first-order chi connectivity index (χ1) is 31.3. The van der Waals surface area contributed by atoms with Gasteiger partial charge in [0, 0.05) is 43.3 Å². The number of rotatable bonds is 4. The minimum atomic E-state index is 0.803. The summed E-state index contributed by atoms with van der Waals surface area (Å²) in [7, 11) is 0. The lowest BCUT2D eigenvalue weighted by Gasteiger charge is -2.15. The number of benzene rings is 10. The SMILES string of the molecule is c1ccc2cc(-c3nc4ccccc4nc3-n3c4ccccc4c4c(-n5c6ccccc6c6c7c8ccccc8n(-c8cccc9ccccc89)c7ccc65)cccc43)ccc2c1. The Bertz CT molecular complexity index is 4220. The highest BCUT2D eigenvalue weighted by atomic mass is 15.1. The van der Waals surface area contributed by atoms with Crippen LogP contribution in [0.5, 0.6) is 0 Å². The lowest BCUT2D eigenvalue weighted by atomic mass is 10.0. The predicted octanol–water partition coefficient (Wildman–Crippen LogP) is 14.9. The van der Waals surface area contributed by atoms with Gasteiger partial charge in [0.15, 0.2) is 5.82 Å². The number of hydrogen-bond acceptors (Lipinski definition) is 2. The van der Waals surface area contributed by atoms with Crippen molar-refractivity contribution in [3.8, 4) is 28.5 Å². The molecular weight excluding hydrogens is 767 g/mol. The predicted molar refractivity (Wildman–Crippen MR) is 263 cm³/mol. The topological polar surface area (TPSA) is 40.6 Å². The Labute approximate surface area is 360 Å². The maximum absolute atomic E-state index is 5.47. The highest BCUT2D eigenvalue weighted by Gasteiger charge is 2.25. The van der Waals surface area contributed by atoms with Gasteiger partial charge >= 0.3 is 0 Å². The first-order valence-corrected chi connectivity index (χ1v) is 21.5. The van der Waals surface area contributed by atoms with Gasteiger partial charge in [-0.15, -0.1) is 0 Å². The molecule has 5 nitrogen and oxygen atoms in total. The summed E-state index contributed by atoms with van der Waals surface area (Å²) in [5, 5.41) is 12.1. The average Bonchev–Trinajstić information content (AvgIpc) is 3.99. The van der Waals surface area contributed by atoms with Crippen molar-refractivity contribution >= 4 is 98.0 Å². The van der Waals surface area contributed by atoms with Crippen molar-refractivity contribution in [3.63, 3.8) is 0 Å². The lowest BCUT2D eigenvalue weighted by molar-refractivity contribution is 1.08. The second-order valence-electron chi connectivity index (χ2n) is 16.5. The molecule has 0 aliphatic heterocycles. The summed E-state index contributed by atoms with van der Waals surface area (Å²) in [4.78, 5) is 10.8. The Hall–Kier alpha value is -8.54. The highest BCUT2D eigenvalue weighted by Crippen LogP contribution is 2.45. The summed E-state index contributed by atoms with van der Waals surface area (Å²) in [6, 6.07) is 76.6. The van der Waals surface area contributed by atoms with E-state index in [9.17, 15) is 0 Å². The molecule has 0 amide bonds. The molecule has 0 saturated carbocycles. The van der Waals surface area contributed by atoms with Crippen molar-refractivity contribution < 1.29 is 0 Å². The zero-order valence-electron chi connectivity index (χ0n) is 33.9. The maximum atomic E-state index is 5.47. The fourth-order valence-corrected chi connectivity index (χ4v) is 10.5. The van der Waals surface area contributed by atoms with Crippen LogP contribution < -0.4 is 0 Å². The molecule has 63 heavy (non-hydrogen) atoms. The van der Waals surface area contributed by atoms with Gasteiger partial charge in [0.05, 0.1) is 55.5 Å². The van der Waals surface area contributed by atoms with E-state index in [2.05, 4.69) is 214 Å². The monoisotopic (exact) mass is 801 g/mol. The van der Waals surface area contributed by atoms with E-state index in [1.807, 2.05) is 12.1 Å². The molecule has 0 aliphatic rings. The van der Waals surface area contributed by atoms with Crippen LogP contribution in [-0.4, -0.2) is 23.7 Å². The summed E-state index contributed by atoms with van der Waals surface area (Å²) in [6.07, 6.45) is 0. The second-order valence-corrected chi connectivity index (χ2v) is 16.5. The van der Waals surface area contributed by atoms with Gasteiger partial charge in [0.1, 0.15) is 5.69 Å². The van der Waals surface area contributed by atoms with E-state index in [0.29, 0.717) is 0 Å². The molecule has 0 atom stereocenters. The lowest BCUT2D eigenvalue weighted by Crippen LogP contribution is -2.04. The maximum Gasteiger partial charge on any atom is 0.165 e. The zero-order valence-corrected chi connectivity index (χ0v) is 33.9. The number of para-hydroxylation sites is 5. The third kappa shape index (κ3) is 4.82. The minimum Gasteiger partial charge on any atom is -0.309 e. The minimum absolute atomic E-state index is 0.803. The van der Waals surface area contributed by atoms with Crippen LogP contribution in [-0.2, 0) is 0 Å². The van der Waals surface area contributed by atoms with Gasteiger partial charge in [-0.2, -0.15) is 0 Å². The molecule has 14 aromatic rings. The van der Waals surface area contributed by atoms with E-state index in [4.69, 9.17) is 9.97 Å². The molecule has 4 aromatic heterocycles. The molecule has 10 aromatic carbocycles. The molecule has 14 rings (SSSR count). The van der Waals surface area contributed by atoms with E-state index in [1.165, 1.54) is 59.8 Å². The third-order valence-corrected chi connectivity index (χ3v) is 13.2. The molecule has 292 valence electrons. The van der Waals surface area contributed by atoms with Crippen molar-refractivity contribution in [2.75, 3.05) is 0 Å². The molecule has 0 radical (unpaired) electrons. The summed E-state index contributed by atoms with van der Waals surface area (Å²) in [5.41, 5.74) is 12.7. The first-order valence-electron chi connectivity index (χ1n) is 21.5. The number of hydrogen-bond donors (Lipinski definition) is 0. The van der Waals surface area contributed by atoms with E-state index in [0.717, 1.165) is 66.6 Å². The fraction of sp³-hybridized carbons (Fsp3) is 0. The largest absolute Gasteiger partial charge is 0.309 e. The van der Waals surface area contributed by atoms with Crippen molar-refractivity contribution in [2.45, 2.75) is 0 Å². The Kier molecular flexibility index (Phi) is 7.05. The van der Waals surface area contributed by atoms with Crippen molar-refractivity contribution in [1.82, 2.24) is 23.7 Å². The molecule has 0 N–H and O–H groups in total. The Morgan fingerprint density at radius 2 is 0.762 bits per heavy atom. The van der Waals surface area contributed by atoms with Crippen LogP contribution in [0.15, 0.2) is 212 Å². The highest BCUT2D eigenvalue weighted by molar-refractivity contribution is 6.29. The van der Waals surface area contributed by atoms with Gasteiger partial charge in [-0.1, -0.05) is 146 Å². The molecule has 5 heteroatoms. The summed E-state index contributed by atoms with van der Waals surface area (Å²) < 4.78 is 7.29. The van der Waals surface area contributed by atoms with Gasteiger partial charge in [0.2, 0.25) is 0 Å². The molecule has 0 saturated heterocycles. The summed E-state index contributed by atoms with van der Waals surface area (Å²) in [5.74, 6) is 0.803. The molecule has 0 bridgehead atoms. The Morgan fingerprint density at radius 1 is 0.286 bits per heavy atom. The van der Waals surface area contributed by atoms with Gasteiger partial charge in [0.25, 0.3) is 0 Å². The van der Waals surface area contributed by atoms with Crippen LogP contribution in [0, 0.1) is 0 Å². The summed E-state index contributed by atoms with van der Waals surface area (Å²) >= 11 is 0. The molecule has 0 spiro atoms. The van der Waals surface area contributed by atoms with Gasteiger partial charge in [-0.05, 0) is 82.9 Å². The quantitative estimate of drug-likeness (QED) is 0.178. The van der Waals surface area contributed by atoms with Crippen LogP contribution in [0.1, 0.15) is 0 Å². The number of nitrogens with zero attached hydrogens (tertiary/aromatic N) is 5. The van der Waals surface area contributed by atoms with E-state index >= 15 is 0 Å². The summed E-state index contributed by atoms with van der Waals surface area (Å²) in [6.45, 7) is 0. The van der Waals surface area contributed by atoms with E-state index in [-0.39, 0.29) is 0 Å². The molecule has 0 aliphatic carbocycles. The van der Waals surface area contributed by atoms with E-state index in [1.54, 1.807) is 0 Å². The average molecular weight is 802 g/mol. The van der Waals surface area contributed by atoms with Crippen molar-refractivity contribution in [2.24, 2.45) is 0 Å². The van der Waals surface area contributed by atoms with Crippen LogP contribution in [0.25, 0.3) is 126 Å². The van der Waals surface area contributed by atoms with Gasteiger partial charge in [-0.25, -0.2) is 9.97 Å². The molecular formula is C58H35N5. The van der Waals surface area contributed by atoms with Crippen LogP contribution >= 0.6 is 0 Å². The molecule has 0 unspecified atom stereocenters. The van der Waals surface area contributed by atoms with Crippen LogP contribution in [0.4, 0.5) is 0 Å². The standard InChI is InChI=1S/C58H35N5/c1-2-17-38-35-39(32-31-36(38)15-1)57-58(60-45-24-9-8-23-44(45)59-57)63-49-27-12-5-20-41(49)54-50(29-14-30-51(54)63)62-48-26-11-7-22-43(48)56-53(62)34-33-52-55(56)42-21-6-10-25-47(42)61(52)46-28-13-18-37-16-3-4-19-40(37)46/h1-35H. The van der Waals surface area contributed by atoms with Gasteiger partial charge < -0.3 is 9.13 Å². The Balaban J connectivity index is 1.09. The zero-order chi connectivity index (χ0) is 41.2. The smallest absolute Gasteiger partial charge is 0.165 e. The number of fused-ring (bicyclic) bond motifs is 13. The fourth-order valence-electron chi connectivity index (χ4n) is 10.5. The normalized spacial score (nSPS) is 12.1. The first kappa shape index (κ1) is 34.2. The third-order valence-electron chi connectivity index (χ3n) is 13.2.